The quantitative estimate of drug-likeness (QED) is 0.517. The third-order valence-electron chi connectivity index (χ3n) is 5.12. The number of hydrogen-bond acceptors (Lipinski definition) is 6. The first-order valence-electron chi connectivity index (χ1n) is 10.5. The Hall–Kier alpha value is -3.07. The molecule has 2 amide bonds. The number of carbonyl (C=O) groups is 2. The van der Waals surface area contributed by atoms with E-state index in [1.807, 2.05) is 20.8 Å². The Kier molecular flexibility index (Phi) is 7.17. The van der Waals surface area contributed by atoms with E-state index >= 15 is 0 Å². The first-order chi connectivity index (χ1) is 14.8. The number of benzene rings is 1. The number of ether oxygens (including phenoxy) is 2. The van der Waals surface area contributed by atoms with Crippen molar-refractivity contribution in [2.75, 3.05) is 19.9 Å². The van der Waals surface area contributed by atoms with Gasteiger partial charge in [-0.05, 0) is 31.7 Å². The Balaban J connectivity index is 1.92. The van der Waals surface area contributed by atoms with Crippen molar-refractivity contribution >= 4 is 22.7 Å². The Morgan fingerprint density at radius 2 is 1.94 bits per heavy atom. The van der Waals surface area contributed by atoms with Crippen LogP contribution in [0.2, 0.25) is 0 Å². The number of amides is 2. The fourth-order valence-electron chi connectivity index (χ4n) is 3.56. The Morgan fingerprint density at radius 1 is 1.23 bits per heavy atom. The first kappa shape index (κ1) is 22.6. The second-order valence-corrected chi connectivity index (χ2v) is 7.90. The molecule has 0 fully saturated rings. The molecule has 1 aliphatic heterocycles. The molecule has 0 unspecified atom stereocenters. The van der Waals surface area contributed by atoms with E-state index in [4.69, 9.17) is 14.6 Å². The van der Waals surface area contributed by atoms with Gasteiger partial charge in [-0.25, -0.2) is 0 Å². The van der Waals surface area contributed by atoms with Crippen LogP contribution in [-0.2, 0) is 11.3 Å². The lowest BCUT2D eigenvalue weighted by atomic mass is 10.0. The number of rotatable bonds is 9. The SMILES string of the molecule is CCn1cc(C(=O)N[C@@H](CC(C)C)C(=O)NCCCO)c(=O)c2cc3c(cc21)OCO3. The summed E-state index contributed by atoms with van der Waals surface area (Å²) < 4.78 is 12.6. The fraction of sp³-hybridized carbons (Fsp3) is 0.500. The molecule has 0 spiro atoms. The number of nitrogens with zero attached hydrogens (tertiary/aromatic N) is 1. The average molecular weight is 431 g/mol. The number of fused-ring (bicyclic) bond motifs is 2. The average Bonchev–Trinajstić information content (AvgIpc) is 3.19. The normalized spacial score (nSPS) is 13.5. The minimum Gasteiger partial charge on any atom is -0.454 e. The molecule has 1 atom stereocenters. The molecule has 9 nitrogen and oxygen atoms in total. The second-order valence-electron chi connectivity index (χ2n) is 7.90. The summed E-state index contributed by atoms with van der Waals surface area (Å²) in [6.45, 7) is 6.70. The van der Waals surface area contributed by atoms with Gasteiger partial charge in [0.1, 0.15) is 11.6 Å². The maximum absolute atomic E-state index is 13.1. The fourth-order valence-corrected chi connectivity index (χ4v) is 3.56. The topological polar surface area (TPSA) is 119 Å². The third-order valence-corrected chi connectivity index (χ3v) is 5.12. The van der Waals surface area contributed by atoms with Crippen molar-refractivity contribution in [1.29, 1.82) is 0 Å². The summed E-state index contributed by atoms with van der Waals surface area (Å²) >= 11 is 0. The van der Waals surface area contributed by atoms with Gasteiger partial charge in [0.2, 0.25) is 18.1 Å². The molecule has 9 heteroatoms. The molecular weight excluding hydrogens is 402 g/mol. The highest BCUT2D eigenvalue weighted by Crippen LogP contribution is 2.35. The zero-order chi connectivity index (χ0) is 22.5. The van der Waals surface area contributed by atoms with Gasteiger partial charge in [-0.3, -0.25) is 14.4 Å². The molecule has 3 N–H and O–H groups in total. The van der Waals surface area contributed by atoms with Crippen LogP contribution in [-0.4, -0.2) is 47.5 Å². The van der Waals surface area contributed by atoms with Crippen molar-refractivity contribution in [3.05, 3.63) is 34.1 Å². The maximum atomic E-state index is 13.1. The molecule has 168 valence electrons. The van der Waals surface area contributed by atoms with Crippen LogP contribution in [0.5, 0.6) is 11.5 Å². The van der Waals surface area contributed by atoms with E-state index in [2.05, 4.69) is 10.6 Å². The van der Waals surface area contributed by atoms with Gasteiger partial charge >= 0.3 is 0 Å². The molecule has 2 heterocycles. The molecule has 1 aliphatic rings. The van der Waals surface area contributed by atoms with Gasteiger partial charge in [0.05, 0.1) is 10.9 Å². The summed E-state index contributed by atoms with van der Waals surface area (Å²) in [6.07, 6.45) is 2.36. The summed E-state index contributed by atoms with van der Waals surface area (Å²) in [5.41, 5.74) is 0.179. The van der Waals surface area contributed by atoms with E-state index < -0.39 is 17.4 Å². The van der Waals surface area contributed by atoms with Gasteiger partial charge in [-0.2, -0.15) is 0 Å². The monoisotopic (exact) mass is 431 g/mol. The lowest BCUT2D eigenvalue weighted by Crippen LogP contribution is -2.48. The van der Waals surface area contributed by atoms with E-state index in [-0.39, 0.29) is 30.8 Å². The highest BCUT2D eigenvalue weighted by molar-refractivity contribution is 6.00. The van der Waals surface area contributed by atoms with Gasteiger partial charge in [0.15, 0.2) is 11.5 Å². The molecule has 0 aliphatic carbocycles. The first-order valence-corrected chi connectivity index (χ1v) is 10.5. The number of aliphatic hydroxyl groups excluding tert-OH is 1. The molecule has 1 aromatic heterocycles. The number of aryl methyl sites for hydroxylation is 1. The van der Waals surface area contributed by atoms with Crippen molar-refractivity contribution in [2.24, 2.45) is 5.92 Å². The summed E-state index contributed by atoms with van der Waals surface area (Å²) in [6, 6.07) is 2.55. The van der Waals surface area contributed by atoms with Crippen molar-refractivity contribution in [2.45, 2.75) is 46.2 Å². The predicted molar refractivity (Wildman–Crippen MR) is 115 cm³/mol. The van der Waals surface area contributed by atoms with Gasteiger partial charge in [-0.1, -0.05) is 13.8 Å². The lowest BCUT2D eigenvalue weighted by molar-refractivity contribution is -0.123. The number of pyridine rings is 1. The van der Waals surface area contributed by atoms with Crippen molar-refractivity contribution in [3.63, 3.8) is 0 Å². The van der Waals surface area contributed by atoms with Gasteiger partial charge in [0, 0.05) is 32.0 Å². The van der Waals surface area contributed by atoms with Crippen LogP contribution in [0.3, 0.4) is 0 Å². The summed E-state index contributed by atoms with van der Waals surface area (Å²) in [5.74, 6) is 0.233. The smallest absolute Gasteiger partial charge is 0.257 e. The summed E-state index contributed by atoms with van der Waals surface area (Å²) in [7, 11) is 0. The zero-order valence-electron chi connectivity index (χ0n) is 18.1. The van der Waals surface area contributed by atoms with Crippen molar-refractivity contribution < 1.29 is 24.2 Å². The van der Waals surface area contributed by atoms with Crippen LogP contribution in [0.1, 0.15) is 44.0 Å². The van der Waals surface area contributed by atoms with Crippen molar-refractivity contribution in [3.8, 4) is 11.5 Å². The Bertz CT molecular complexity index is 1030. The molecule has 0 radical (unpaired) electrons. The molecule has 0 saturated heterocycles. The summed E-state index contributed by atoms with van der Waals surface area (Å²) in [4.78, 5) is 38.7. The van der Waals surface area contributed by atoms with Crippen LogP contribution in [0.4, 0.5) is 0 Å². The van der Waals surface area contributed by atoms with E-state index in [1.54, 1.807) is 16.7 Å². The Morgan fingerprint density at radius 3 is 2.58 bits per heavy atom. The number of aliphatic hydroxyl groups is 1. The number of hydrogen-bond donors (Lipinski definition) is 3. The molecule has 31 heavy (non-hydrogen) atoms. The van der Waals surface area contributed by atoms with E-state index in [1.165, 1.54) is 6.20 Å². The Labute approximate surface area is 180 Å². The van der Waals surface area contributed by atoms with E-state index in [9.17, 15) is 14.4 Å². The highest BCUT2D eigenvalue weighted by Gasteiger charge is 2.25. The van der Waals surface area contributed by atoms with Gasteiger partial charge in [-0.15, -0.1) is 0 Å². The molecule has 0 saturated carbocycles. The number of aromatic nitrogens is 1. The van der Waals surface area contributed by atoms with E-state index in [0.29, 0.717) is 48.3 Å². The standard InChI is InChI=1S/C22H29N3O6/c1-4-25-11-15(20(27)14-9-18-19(10-17(14)25)31-12-30-18)21(28)24-16(8-13(2)3)22(29)23-6-5-7-26/h9-11,13,16,26H,4-8,12H2,1-3H3,(H,23,29)(H,24,28)/t16-/m0/s1. The minimum absolute atomic E-state index is 0.0341. The molecule has 1 aromatic carbocycles. The largest absolute Gasteiger partial charge is 0.454 e. The molecular formula is C22H29N3O6. The summed E-state index contributed by atoms with van der Waals surface area (Å²) in [5, 5.41) is 14.7. The second kappa shape index (κ2) is 9.82. The van der Waals surface area contributed by atoms with Crippen LogP contribution >= 0.6 is 0 Å². The van der Waals surface area contributed by atoms with Crippen molar-refractivity contribution in [1.82, 2.24) is 15.2 Å². The number of carbonyl (C=O) groups excluding carboxylic acids is 2. The van der Waals surface area contributed by atoms with Crippen LogP contribution in [0.25, 0.3) is 10.9 Å². The molecule has 2 aromatic rings. The van der Waals surface area contributed by atoms with E-state index in [0.717, 1.165) is 0 Å². The van der Waals surface area contributed by atoms with Gasteiger partial charge in [0.25, 0.3) is 5.91 Å². The minimum atomic E-state index is -0.784. The third kappa shape index (κ3) is 4.99. The van der Waals surface area contributed by atoms with Gasteiger partial charge < -0.3 is 29.8 Å². The number of nitrogens with one attached hydrogen (secondary N) is 2. The van der Waals surface area contributed by atoms with Crippen LogP contribution < -0.4 is 25.5 Å². The van der Waals surface area contributed by atoms with Crippen LogP contribution in [0, 0.1) is 5.92 Å². The lowest BCUT2D eigenvalue weighted by Gasteiger charge is -2.20. The molecule has 0 bridgehead atoms. The molecule has 3 rings (SSSR count). The maximum Gasteiger partial charge on any atom is 0.257 e. The van der Waals surface area contributed by atoms with Crippen LogP contribution in [0.15, 0.2) is 23.1 Å². The zero-order valence-corrected chi connectivity index (χ0v) is 18.1. The highest BCUT2D eigenvalue weighted by atomic mass is 16.7. The predicted octanol–water partition coefficient (Wildman–Crippen LogP) is 1.39.